The summed E-state index contributed by atoms with van der Waals surface area (Å²) in [6.45, 7) is 5.27. The number of carbonyl (C=O) groups excluding carboxylic acids is 2. The van der Waals surface area contributed by atoms with Gasteiger partial charge in [0.05, 0.1) is 13.5 Å². The average Bonchev–Trinajstić information content (AvgIpc) is 2.56. The van der Waals surface area contributed by atoms with Crippen molar-refractivity contribution >= 4 is 11.8 Å². The molecule has 132 valence electrons. The largest absolute Gasteiger partial charge is 0.494 e. The lowest BCUT2D eigenvalue weighted by Crippen LogP contribution is -2.26. The highest BCUT2D eigenvalue weighted by molar-refractivity contribution is 6.01. The molecule has 0 aliphatic rings. The van der Waals surface area contributed by atoms with E-state index in [1.807, 2.05) is 26.0 Å². The van der Waals surface area contributed by atoms with Gasteiger partial charge in [-0.2, -0.15) is 0 Å². The van der Waals surface area contributed by atoms with Crippen LogP contribution in [0.15, 0.2) is 36.4 Å². The number of carbonyl (C=O) groups is 2. The number of ketones is 1. The molecule has 0 N–H and O–H groups in total. The molecule has 1 atom stereocenters. The van der Waals surface area contributed by atoms with E-state index >= 15 is 0 Å². The molecule has 0 saturated carbocycles. The fourth-order valence-corrected chi connectivity index (χ4v) is 2.50. The number of Topliss-reactive ketones (excluding diaryl/α,β-unsaturated/α-hetero) is 1. The number of hydrogen-bond donors (Lipinski definition) is 0. The van der Waals surface area contributed by atoms with Crippen molar-refractivity contribution in [1.82, 2.24) is 0 Å². The summed E-state index contributed by atoms with van der Waals surface area (Å²) in [6.07, 6.45) is -1.03. The summed E-state index contributed by atoms with van der Waals surface area (Å²) in [5.74, 6) is -1.28. The zero-order chi connectivity index (χ0) is 18.6. The first kappa shape index (κ1) is 18.6. The van der Waals surface area contributed by atoms with E-state index in [2.05, 4.69) is 0 Å². The van der Waals surface area contributed by atoms with Gasteiger partial charge < -0.3 is 9.47 Å². The van der Waals surface area contributed by atoms with Crippen molar-refractivity contribution in [3.05, 3.63) is 64.5 Å². The maximum atomic E-state index is 13.7. The van der Waals surface area contributed by atoms with Gasteiger partial charge in [0.25, 0.3) is 0 Å². The minimum absolute atomic E-state index is 0.107. The van der Waals surface area contributed by atoms with Crippen LogP contribution < -0.4 is 4.74 Å². The van der Waals surface area contributed by atoms with Crippen LogP contribution in [0.1, 0.15) is 34.0 Å². The molecule has 0 bridgehead atoms. The molecule has 0 radical (unpaired) electrons. The zero-order valence-corrected chi connectivity index (χ0v) is 14.8. The van der Waals surface area contributed by atoms with Gasteiger partial charge in [-0.3, -0.25) is 9.59 Å². The average molecular weight is 344 g/mol. The van der Waals surface area contributed by atoms with Crippen LogP contribution in [0.4, 0.5) is 4.39 Å². The topological polar surface area (TPSA) is 52.6 Å². The molecule has 0 heterocycles. The molecule has 0 unspecified atom stereocenters. The predicted molar refractivity (Wildman–Crippen MR) is 92.5 cm³/mol. The lowest BCUT2D eigenvalue weighted by atomic mass is 9.99. The SMILES string of the molecule is COc1ccc(CC(=O)O[C@@H](C)C(=O)c2cc(C)ccc2C)cc1F. The van der Waals surface area contributed by atoms with Gasteiger partial charge in [0.2, 0.25) is 5.78 Å². The quantitative estimate of drug-likeness (QED) is 0.591. The second-order valence-electron chi connectivity index (χ2n) is 5.96. The second-order valence-corrected chi connectivity index (χ2v) is 5.96. The standard InChI is InChI=1S/C20H21FO4/c1-12-5-6-13(2)16(9-12)20(23)14(3)25-19(22)11-15-7-8-18(24-4)17(21)10-15/h5-10,14H,11H2,1-4H3/t14-/m0/s1. The maximum absolute atomic E-state index is 13.7. The molecule has 2 aromatic carbocycles. The van der Waals surface area contributed by atoms with Crippen molar-refractivity contribution in [2.24, 2.45) is 0 Å². The Hall–Kier alpha value is -2.69. The Morgan fingerprint density at radius 1 is 1.12 bits per heavy atom. The van der Waals surface area contributed by atoms with E-state index in [4.69, 9.17) is 9.47 Å². The lowest BCUT2D eigenvalue weighted by Gasteiger charge is -2.14. The van der Waals surface area contributed by atoms with E-state index in [-0.39, 0.29) is 18.0 Å². The van der Waals surface area contributed by atoms with Crippen LogP contribution in [0.5, 0.6) is 5.75 Å². The number of benzene rings is 2. The fraction of sp³-hybridized carbons (Fsp3) is 0.300. The number of rotatable bonds is 6. The molecule has 0 aliphatic heterocycles. The second kappa shape index (κ2) is 7.92. The number of hydrogen-bond acceptors (Lipinski definition) is 4. The van der Waals surface area contributed by atoms with E-state index in [1.165, 1.54) is 26.2 Å². The third kappa shape index (κ3) is 4.66. The molecule has 25 heavy (non-hydrogen) atoms. The monoisotopic (exact) mass is 344 g/mol. The normalized spacial score (nSPS) is 11.7. The van der Waals surface area contributed by atoms with E-state index < -0.39 is 17.9 Å². The minimum atomic E-state index is -0.906. The highest BCUT2D eigenvalue weighted by Crippen LogP contribution is 2.19. The first-order valence-corrected chi connectivity index (χ1v) is 7.95. The number of halogens is 1. The van der Waals surface area contributed by atoms with Crippen molar-refractivity contribution in [2.45, 2.75) is 33.3 Å². The fourth-order valence-electron chi connectivity index (χ4n) is 2.50. The number of methoxy groups -OCH3 is 1. The first-order valence-electron chi connectivity index (χ1n) is 7.95. The van der Waals surface area contributed by atoms with Crippen LogP contribution >= 0.6 is 0 Å². The van der Waals surface area contributed by atoms with Crippen LogP contribution in [-0.4, -0.2) is 25.0 Å². The summed E-state index contributed by atoms with van der Waals surface area (Å²) >= 11 is 0. The molecular weight excluding hydrogens is 323 g/mol. The maximum Gasteiger partial charge on any atom is 0.310 e. The van der Waals surface area contributed by atoms with Gasteiger partial charge in [-0.1, -0.05) is 23.8 Å². The van der Waals surface area contributed by atoms with Crippen LogP contribution in [0.3, 0.4) is 0 Å². The van der Waals surface area contributed by atoms with Gasteiger partial charge in [-0.25, -0.2) is 4.39 Å². The Morgan fingerprint density at radius 3 is 2.48 bits per heavy atom. The molecule has 2 aromatic rings. The van der Waals surface area contributed by atoms with Crippen LogP contribution in [0.25, 0.3) is 0 Å². The third-order valence-corrected chi connectivity index (χ3v) is 3.90. The molecular formula is C20H21FO4. The number of aryl methyl sites for hydroxylation is 2. The van der Waals surface area contributed by atoms with Gasteiger partial charge in [0.15, 0.2) is 17.7 Å². The van der Waals surface area contributed by atoms with Crippen molar-refractivity contribution < 1.29 is 23.5 Å². The first-order chi connectivity index (χ1) is 11.8. The van der Waals surface area contributed by atoms with Gasteiger partial charge in [-0.05, 0) is 50.1 Å². The van der Waals surface area contributed by atoms with Crippen molar-refractivity contribution in [3.63, 3.8) is 0 Å². The molecule has 4 nitrogen and oxygen atoms in total. The van der Waals surface area contributed by atoms with Crippen molar-refractivity contribution in [2.75, 3.05) is 7.11 Å². The van der Waals surface area contributed by atoms with Crippen LogP contribution in [-0.2, 0) is 16.0 Å². The van der Waals surface area contributed by atoms with Crippen LogP contribution in [0, 0.1) is 19.7 Å². The van der Waals surface area contributed by atoms with E-state index in [1.54, 1.807) is 12.1 Å². The van der Waals surface area contributed by atoms with Gasteiger partial charge in [-0.15, -0.1) is 0 Å². The summed E-state index contributed by atoms with van der Waals surface area (Å²) in [6, 6.07) is 9.80. The van der Waals surface area contributed by atoms with E-state index in [9.17, 15) is 14.0 Å². The predicted octanol–water partition coefficient (Wildman–Crippen LogP) is 3.81. The lowest BCUT2D eigenvalue weighted by molar-refractivity contribution is -0.145. The summed E-state index contributed by atoms with van der Waals surface area (Å²) in [5, 5.41) is 0. The molecule has 0 saturated heterocycles. The summed E-state index contributed by atoms with van der Waals surface area (Å²) in [5.41, 5.74) is 2.78. The Balaban J connectivity index is 2.03. The number of esters is 1. The minimum Gasteiger partial charge on any atom is -0.494 e. The van der Waals surface area contributed by atoms with E-state index in [0.717, 1.165) is 11.1 Å². The third-order valence-electron chi connectivity index (χ3n) is 3.90. The van der Waals surface area contributed by atoms with Crippen molar-refractivity contribution in [3.8, 4) is 5.75 Å². The Labute approximate surface area is 146 Å². The van der Waals surface area contributed by atoms with Crippen LogP contribution in [0.2, 0.25) is 0 Å². The molecule has 0 spiro atoms. The Morgan fingerprint density at radius 2 is 1.84 bits per heavy atom. The highest BCUT2D eigenvalue weighted by Gasteiger charge is 2.21. The molecule has 5 heteroatoms. The van der Waals surface area contributed by atoms with Gasteiger partial charge in [0, 0.05) is 5.56 Å². The number of ether oxygens (including phenoxy) is 2. The molecule has 0 aromatic heterocycles. The molecule has 2 rings (SSSR count). The highest BCUT2D eigenvalue weighted by atomic mass is 19.1. The smallest absolute Gasteiger partial charge is 0.310 e. The van der Waals surface area contributed by atoms with Crippen molar-refractivity contribution in [1.29, 1.82) is 0 Å². The summed E-state index contributed by atoms with van der Waals surface area (Å²) < 4.78 is 23.7. The van der Waals surface area contributed by atoms with Gasteiger partial charge in [0.1, 0.15) is 0 Å². The Kier molecular flexibility index (Phi) is 5.91. The zero-order valence-electron chi connectivity index (χ0n) is 14.8. The molecule has 0 fully saturated rings. The van der Waals surface area contributed by atoms with E-state index in [0.29, 0.717) is 11.1 Å². The summed E-state index contributed by atoms with van der Waals surface area (Å²) in [4.78, 5) is 24.5. The molecule has 0 aliphatic carbocycles. The summed E-state index contributed by atoms with van der Waals surface area (Å²) in [7, 11) is 1.37. The Bertz CT molecular complexity index is 798. The van der Waals surface area contributed by atoms with Gasteiger partial charge >= 0.3 is 5.97 Å². The molecule has 0 amide bonds.